The molecule has 14 N–H and O–H groups in total. The van der Waals surface area contributed by atoms with Crippen LogP contribution in [0.15, 0.2) is 72.8 Å². The molecular weight excluding hydrogens is 1050 g/mol. The lowest BCUT2D eigenvalue weighted by Gasteiger charge is -2.26. The largest absolute Gasteiger partial charge is 0.457 e. The lowest BCUT2D eigenvalue weighted by atomic mass is 9.95. The number of piperidine rings is 4. The van der Waals surface area contributed by atoms with Crippen LogP contribution in [0, 0.1) is 0 Å². The molecule has 6 aliphatic heterocycles. The second-order valence-corrected chi connectivity index (χ2v) is 18.9. The molecule has 10 rings (SSSR count). The number of ketones is 4. The predicted octanol–water partition coefficient (Wildman–Crippen LogP) is 5.35. The van der Waals surface area contributed by atoms with Gasteiger partial charge in [0, 0.05) is 57.3 Å². The van der Waals surface area contributed by atoms with Crippen molar-refractivity contribution in [1.82, 2.24) is 19.6 Å². The first kappa shape index (κ1) is 75.1. The summed E-state index contributed by atoms with van der Waals surface area (Å²) in [6, 6.07) is 23.1. The maximum absolute atomic E-state index is 12.8. The monoisotopic (exact) mass is 1130 g/mol. The Bertz CT molecular complexity index is 2050. The van der Waals surface area contributed by atoms with Gasteiger partial charge in [-0.25, -0.2) is 0 Å². The minimum absolute atomic E-state index is 0. The van der Waals surface area contributed by atoms with Gasteiger partial charge in [0.1, 0.15) is 23.0 Å². The second-order valence-electron chi connectivity index (χ2n) is 18.9. The summed E-state index contributed by atoms with van der Waals surface area (Å²) in [7, 11) is 0. The van der Waals surface area contributed by atoms with Crippen LogP contribution in [0.1, 0.15) is 141 Å². The van der Waals surface area contributed by atoms with Crippen LogP contribution in [0.3, 0.4) is 0 Å². The molecule has 4 fully saturated rings. The molecule has 6 aliphatic rings. The molecule has 0 aliphatic carbocycles. The summed E-state index contributed by atoms with van der Waals surface area (Å²) in [6.07, 6.45) is 15.9. The highest BCUT2D eigenvalue weighted by molar-refractivity contribution is 6.00. The standard InChI is InChI=1S/2C27H32N2O3.4ClH.7H2O/c2*30-24(18-28-11-3-1-4-12-28)20-7-9-26-22(15-20)17-23-16-21(8-10-27(23)32-26)25(31)19-29-13-5-2-6-14-29;;;;;;;;;;;/h2*7-10,15-16H,1-6,11-14,17-19H2;4*1H;7*1H2. The van der Waals surface area contributed by atoms with Gasteiger partial charge in [-0.1, -0.05) is 25.7 Å². The average molecular weight is 1140 g/mol. The molecule has 21 heteroatoms. The minimum Gasteiger partial charge on any atom is -0.457 e. The Morgan fingerprint density at radius 3 is 0.680 bits per heavy atom. The van der Waals surface area contributed by atoms with Gasteiger partial charge in [-0.3, -0.25) is 38.8 Å². The van der Waals surface area contributed by atoms with Crippen molar-refractivity contribution in [1.29, 1.82) is 0 Å². The molecule has 0 radical (unpaired) electrons. The van der Waals surface area contributed by atoms with E-state index in [1.54, 1.807) is 0 Å². The van der Waals surface area contributed by atoms with Gasteiger partial charge < -0.3 is 47.8 Å². The van der Waals surface area contributed by atoms with Crippen LogP contribution in [-0.4, -0.2) is 160 Å². The van der Waals surface area contributed by atoms with Gasteiger partial charge in [-0.05, 0) is 177 Å². The molecule has 0 bridgehead atoms. The molecule has 75 heavy (non-hydrogen) atoms. The van der Waals surface area contributed by atoms with Crippen molar-refractivity contribution in [3.8, 4) is 23.0 Å². The van der Waals surface area contributed by atoms with E-state index in [1.165, 1.54) is 77.0 Å². The van der Waals surface area contributed by atoms with E-state index in [0.29, 0.717) is 39.0 Å². The number of nitrogens with zero attached hydrogens (tertiary/aromatic N) is 4. The predicted molar refractivity (Wildman–Crippen MR) is 304 cm³/mol. The number of benzene rings is 4. The van der Waals surface area contributed by atoms with Crippen molar-refractivity contribution in [3.63, 3.8) is 0 Å². The molecule has 0 spiro atoms. The molecule has 4 aromatic carbocycles. The Balaban J connectivity index is -0.00000121. The van der Waals surface area contributed by atoms with Gasteiger partial charge in [0.2, 0.25) is 0 Å². The van der Waals surface area contributed by atoms with E-state index in [-0.39, 0.29) is 111 Å². The molecule has 0 amide bonds. The van der Waals surface area contributed by atoms with Gasteiger partial charge in [0.25, 0.3) is 0 Å². The van der Waals surface area contributed by atoms with Crippen LogP contribution in [0.5, 0.6) is 23.0 Å². The normalized spacial score (nSPS) is 16.2. The number of hydrogen-bond donors (Lipinski definition) is 0. The number of carbonyl (C=O) groups excluding carboxylic acids is 4. The zero-order valence-electron chi connectivity index (χ0n) is 42.7. The SMILES string of the molecule is Cl.Cl.Cl.Cl.O.O.O.O.O.O.O.O=C(CN1CCCCC1)c1ccc2c(c1)Cc1cc(C(=O)CN3CCCCC3)ccc1O2.O=C(CN1CCCCC1)c1ccc2c(c1)Cc1cc(C(=O)CN3CCCCC3)ccc1O2. The van der Waals surface area contributed by atoms with Gasteiger partial charge in [0.15, 0.2) is 23.1 Å². The third-order valence-electron chi connectivity index (χ3n) is 14.0. The van der Waals surface area contributed by atoms with Crippen molar-refractivity contribution in [2.75, 3.05) is 78.5 Å². The molecule has 6 heterocycles. The highest BCUT2D eigenvalue weighted by atomic mass is 35.5. The number of hydrogen-bond acceptors (Lipinski definition) is 10. The smallest absolute Gasteiger partial charge is 0.176 e. The highest BCUT2D eigenvalue weighted by Gasteiger charge is 2.25. The quantitative estimate of drug-likeness (QED) is 0.141. The average Bonchev–Trinajstić information content (AvgIpc) is 3.33. The number of ether oxygens (including phenoxy) is 2. The molecule has 4 aromatic rings. The second kappa shape index (κ2) is 36.1. The van der Waals surface area contributed by atoms with Crippen LogP contribution in [0.2, 0.25) is 0 Å². The van der Waals surface area contributed by atoms with Crippen LogP contribution in [0.25, 0.3) is 0 Å². The molecule has 4 saturated heterocycles. The van der Waals surface area contributed by atoms with E-state index in [4.69, 9.17) is 9.47 Å². The van der Waals surface area contributed by atoms with E-state index >= 15 is 0 Å². The number of Topliss-reactive ketones (excluding diaryl/α,β-unsaturated/α-hetero) is 4. The fraction of sp³-hybridized carbons (Fsp3) is 0.481. The third kappa shape index (κ3) is 19.7. The molecular formula is C54H82Cl4N4O13. The zero-order valence-corrected chi connectivity index (χ0v) is 46.0. The Labute approximate surface area is 465 Å². The first-order valence-electron chi connectivity index (χ1n) is 24.2. The van der Waals surface area contributed by atoms with Crippen molar-refractivity contribution >= 4 is 72.8 Å². The summed E-state index contributed by atoms with van der Waals surface area (Å²) < 4.78 is 12.2. The summed E-state index contributed by atoms with van der Waals surface area (Å²) in [5, 5.41) is 0. The van der Waals surface area contributed by atoms with Crippen LogP contribution in [-0.2, 0) is 12.8 Å². The summed E-state index contributed by atoms with van der Waals surface area (Å²) in [4.78, 5) is 60.4. The molecule has 0 aromatic heterocycles. The van der Waals surface area contributed by atoms with Crippen molar-refractivity contribution in [3.05, 3.63) is 117 Å². The Kier molecular flexibility index (Phi) is 36.1. The first-order chi connectivity index (χ1) is 31.3. The van der Waals surface area contributed by atoms with Gasteiger partial charge in [-0.2, -0.15) is 0 Å². The molecule has 0 atom stereocenters. The van der Waals surface area contributed by atoms with E-state index in [2.05, 4.69) is 19.6 Å². The number of rotatable bonds is 12. The van der Waals surface area contributed by atoms with Crippen LogP contribution >= 0.6 is 49.6 Å². The summed E-state index contributed by atoms with van der Waals surface area (Å²) >= 11 is 0. The van der Waals surface area contributed by atoms with Crippen LogP contribution < -0.4 is 9.47 Å². The summed E-state index contributed by atoms with van der Waals surface area (Å²) in [5.74, 6) is 3.91. The molecule has 424 valence electrons. The van der Waals surface area contributed by atoms with E-state index in [9.17, 15) is 19.2 Å². The summed E-state index contributed by atoms with van der Waals surface area (Å²) in [5.41, 5.74) is 7.06. The number of carbonyl (C=O) groups is 4. The fourth-order valence-corrected chi connectivity index (χ4v) is 10.3. The van der Waals surface area contributed by atoms with E-state index in [0.717, 1.165) is 120 Å². The fourth-order valence-electron chi connectivity index (χ4n) is 10.3. The van der Waals surface area contributed by atoms with Crippen molar-refractivity contribution < 1.29 is 67.0 Å². The maximum Gasteiger partial charge on any atom is 0.176 e. The Morgan fingerprint density at radius 2 is 0.493 bits per heavy atom. The third-order valence-corrected chi connectivity index (χ3v) is 14.0. The van der Waals surface area contributed by atoms with Crippen molar-refractivity contribution in [2.24, 2.45) is 0 Å². The van der Waals surface area contributed by atoms with Crippen LogP contribution in [0.4, 0.5) is 0 Å². The highest BCUT2D eigenvalue weighted by Crippen LogP contribution is 2.39. The van der Waals surface area contributed by atoms with Gasteiger partial charge in [0.05, 0.1) is 26.2 Å². The lowest BCUT2D eigenvalue weighted by Crippen LogP contribution is -2.34. The Hall–Kier alpha value is -4.12. The van der Waals surface area contributed by atoms with E-state index in [1.807, 2.05) is 72.8 Å². The number of halogens is 4. The van der Waals surface area contributed by atoms with E-state index < -0.39 is 0 Å². The molecule has 17 nitrogen and oxygen atoms in total. The van der Waals surface area contributed by atoms with Gasteiger partial charge in [-0.15, -0.1) is 49.6 Å². The summed E-state index contributed by atoms with van der Waals surface area (Å²) in [6.45, 7) is 10.1. The lowest BCUT2D eigenvalue weighted by molar-refractivity contribution is 0.0908. The Morgan fingerprint density at radius 1 is 0.307 bits per heavy atom. The first-order valence-corrected chi connectivity index (χ1v) is 24.2. The topological polar surface area (TPSA) is 320 Å². The van der Waals surface area contributed by atoms with Crippen molar-refractivity contribution in [2.45, 2.75) is 89.9 Å². The molecule has 0 saturated carbocycles. The molecule has 0 unspecified atom stereocenters. The maximum atomic E-state index is 12.8. The van der Waals surface area contributed by atoms with Gasteiger partial charge >= 0.3 is 0 Å². The number of likely N-dealkylation sites (tertiary alicyclic amines) is 4. The number of fused-ring (bicyclic) bond motifs is 4. The zero-order chi connectivity index (χ0) is 43.8. The minimum atomic E-state index is 0.